The summed E-state index contributed by atoms with van der Waals surface area (Å²) in [7, 11) is 1.59. The third-order valence-electron chi connectivity index (χ3n) is 3.16. The molecule has 0 spiro atoms. The Kier molecular flexibility index (Phi) is 6.44. The molecule has 2 aromatic carbocycles. The van der Waals surface area contributed by atoms with Gasteiger partial charge < -0.3 is 19.5 Å². The first-order chi connectivity index (χ1) is 11.2. The normalized spacial score (nSPS) is 10.2. The van der Waals surface area contributed by atoms with Crippen molar-refractivity contribution < 1.29 is 19.0 Å². The van der Waals surface area contributed by atoms with Gasteiger partial charge in [0.15, 0.2) is 0 Å². The van der Waals surface area contributed by atoms with Crippen LogP contribution in [0.25, 0.3) is 0 Å². The molecule has 23 heavy (non-hydrogen) atoms. The lowest BCUT2D eigenvalue weighted by molar-refractivity contribution is 0.102. The number of rotatable bonds is 8. The van der Waals surface area contributed by atoms with Crippen LogP contribution in [-0.4, -0.2) is 32.8 Å². The maximum Gasteiger partial charge on any atom is 0.255 e. The van der Waals surface area contributed by atoms with E-state index in [1.54, 1.807) is 43.5 Å². The number of carbonyl (C=O) groups is 1. The van der Waals surface area contributed by atoms with Crippen molar-refractivity contribution in [1.29, 1.82) is 0 Å². The minimum atomic E-state index is -0.169. The minimum Gasteiger partial charge on any atom is -0.497 e. The van der Waals surface area contributed by atoms with Gasteiger partial charge >= 0.3 is 0 Å². The lowest BCUT2D eigenvalue weighted by Gasteiger charge is -2.09. The lowest BCUT2D eigenvalue weighted by atomic mass is 10.2. The van der Waals surface area contributed by atoms with E-state index in [1.165, 1.54) is 0 Å². The first kappa shape index (κ1) is 16.8. The maximum absolute atomic E-state index is 12.1. The highest BCUT2D eigenvalue weighted by molar-refractivity contribution is 6.04. The molecule has 0 unspecified atom stereocenters. The van der Waals surface area contributed by atoms with E-state index in [0.717, 1.165) is 11.5 Å². The Bertz CT molecular complexity index is 608. The van der Waals surface area contributed by atoms with Crippen LogP contribution in [0.1, 0.15) is 17.3 Å². The highest BCUT2D eigenvalue weighted by atomic mass is 16.5. The van der Waals surface area contributed by atoms with Crippen molar-refractivity contribution >= 4 is 11.6 Å². The summed E-state index contributed by atoms with van der Waals surface area (Å²) in [6.45, 7) is 3.69. The molecule has 5 nitrogen and oxygen atoms in total. The second-order valence-corrected chi connectivity index (χ2v) is 4.75. The van der Waals surface area contributed by atoms with Gasteiger partial charge in [-0.2, -0.15) is 0 Å². The van der Waals surface area contributed by atoms with E-state index in [0.29, 0.717) is 31.1 Å². The van der Waals surface area contributed by atoms with Crippen LogP contribution in [0.4, 0.5) is 5.69 Å². The summed E-state index contributed by atoms with van der Waals surface area (Å²) in [6.07, 6.45) is 0. The van der Waals surface area contributed by atoms with E-state index in [1.807, 2.05) is 19.1 Å². The highest BCUT2D eigenvalue weighted by Crippen LogP contribution is 2.17. The largest absolute Gasteiger partial charge is 0.497 e. The van der Waals surface area contributed by atoms with Gasteiger partial charge in [-0.3, -0.25) is 4.79 Å². The number of amides is 1. The summed E-state index contributed by atoms with van der Waals surface area (Å²) < 4.78 is 15.8. The molecule has 0 aliphatic rings. The van der Waals surface area contributed by atoms with E-state index >= 15 is 0 Å². The Morgan fingerprint density at radius 2 is 1.61 bits per heavy atom. The van der Waals surface area contributed by atoms with Crippen molar-refractivity contribution in [3.8, 4) is 11.5 Å². The van der Waals surface area contributed by atoms with Gasteiger partial charge in [-0.1, -0.05) is 0 Å². The molecule has 0 atom stereocenters. The lowest BCUT2D eigenvalue weighted by Crippen LogP contribution is -2.11. The summed E-state index contributed by atoms with van der Waals surface area (Å²) in [5.74, 6) is 1.29. The predicted molar refractivity (Wildman–Crippen MR) is 89.4 cm³/mol. The minimum absolute atomic E-state index is 0.169. The number of ether oxygens (including phenoxy) is 3. The molecule has 2 rings (SSSR count). The van der Waals surface area contributed by atoms with Crippen LogP contribution in [0.5, 0.6) is 11.5 Å². The van der Waals surface area contributed by atoms with Gasteiger partial charge in [0.1, 0.15) is 18.1 Å². The third-order valence-corrected chi connectivity index (χ3v) is 3.16. The molecule has 1 amide bonds. The molecular weight excluding hydrogens is 294 g/mol. The molecule has 0 aliphatic heterocycles. The van der Waals surface area contributed by atoms with Crippen LogP contribution < -0.4 is 14.8 Å². The Morgan fingerprint density at radius 3 is 2.22 bits per heavy atom. The highest BCUT2D eigenvalue weighted by Gasteiger charge is 2.06. The Labute approximate surface area is 136 Å². The van der Waals surface area contributed by atoms with E-state index < -0.39 is 0 Å². The van der Waals surface area contributed by atoms with E-state index in [9.17, 15) is 4.79 Å². The van der Waals surface area contributed by atoms with E-state index in [4.69, 9.17) is 14.2 Å². The second kappa shape index (κ2) is 8.80. The van der Waals surface area contributed by atoms with Crippen LogP contribution >= 0.6 is 0 Å². The molecule has 0 bridgehead atoms. The topological polar surface area (TPSA) is 56.8 Å². The number of benzene rings is 2. The molecule has 2 aromatic rings. The standard InChI is InChI=1S/C18H21NO4/c1-3-22-12-13-23-17-10-6-15(7-11-17)19-18(20)14-4-8-16(21-2)9-5-14/h4-11H,3,12-13H2,1-2H3,(H,19,20). The summed E-state index contributed by atoms with van der Waals surface area (Å²) in [5.41, 5.74) is 1.28. The molecule has 0 fully saturated rings. The molecule has 5 heteroatoms. The van der Waals surface area contributed by atoms with Crippen LogP contribution in [0.2, 0.25) is 0 Å². The molecule has 0 radical (unpaired) electrons. The Balaban J connectivity index is 1.88. The van der Waals surface area contributed by atoms with Gasteiger partial charge in [0.25, 0.3) is 5.91 Å². The van der Waals surface area contributed by atoms with Crippen molar-refractivity contribution in [3.63, 3.8) is 0 Å². The van der Waals surface area contributed by atoms with Gasteiger partial charge in [0.05, 0.1) is 13.7 Å². The molecule has 0 heterocycles. The van der Waals surface area contributed by atoms with Gasteiger partial charge in [-0.25, -0.2) is 0 Å². The van der Waals surface area contributed by atoms with Gasteiger partial charge in [-0.15, -0.1) is 0 Å². The van der Waals surface area contributed by atoms with Crippen molar-refractivity contribution in [2.45, 2.75) is 6.92 Å². The van der Waals surface area contributed by atoms with Crippen LogP contribution in [0.3, 0.4) is 0 Å². The fourth-order valence-electron chi connectivity index (χ4n) is 1.94. The van der Waals surface area contributed by atoms with Crippen LogP contribution in [0.15, 0.2) is 48.5 Å². The SMILES string of the molecule is CCOCCOc1ccc(NC(=O)c2ccc(OC)cc2)cc1. The molecule has 1 N–H and O–H groups in total. The zero-order valence-corrected chi connectivity index (χ0v) is 13.4. The Morgan fingerprint density at radius 1 is 0.957 bits per heavy atom. The molecular formula is C18H21NO4. The number of nitrogens with one attached hydrogen (secondary N) is 1. The van der Waals surface area contributed by atoms with Gasteiger partial charge in [0, 0.05) is 17.9 Å². The zero-order valence-electron chi connectivity index (χ0n) is 13.4. The number of anilines is 1. The zero-order chi connectivity index (χ0) is 16.5. The first-order valence-electron chi connectivity index (χ1n) is 7.49. The fraction of sp³-hybridized carbons (Fsp3) is 0.278. The summed E-state index contributed by atoms with van der Waals surface area (Å²) in [6, 6.07) is 14.2. The molecule has 0 aliphatic carbocycles. The number of carbonyl (C=O) groups excluding carboxylic acids is 1. The van der Waals surface area contributed by atoms with Crippen LogP contribution in [-0.2, 0) is 4.74 Å². The van der Waals surface area contributed by atoms with Crippen molar-refractivity contribution in [3.05, 3.63) is 54.1 Å². The van der Waals surface area contributed by atoms with Crippen molar-refractivity contribution in [2.75, 3.05) is 32.2 Å². The van der Waals surface area contributed by atoms with Gasteiger partial charge in [-0.05, 0) is 55.5 Å². The second-order valence-electron chi connectivity index (χ2n) is 4.75. The summed E-state index contributed by atoms with van der Waals surface area (Å²) in [4.78, 5) is 12.1. The number of hydrogen-bond acceptors (Lipinski definition) is 4. The number of methoxy groups -OCH3 is 1. The van der Waals surface area contributed by atoms with Gasteiger partial charge in [0.2, 0.25) is 0 Å². The number of hydrogen-bond donors (Lipinski definition) is 1. The maximum atomic E-state index is 12.1. The predicted octanol–water partition coefficient (Wildman–Crippen LogP) is 3.36. The third kappa shape index (κ3) is 5.30. The van der Waals surface area contributed by atoms with E-state index in [-0.39, 0.29) is 5.91 Å². The monoisotopic (exact) mass is 315 g/mol. The van der Waals surface area contributed by atoms with Crippen molar-refractivity contribution in [2.24, 2.45) is 0 Å². The molecule has 122 valence electrons. The fourth-order valence-corrected chi connectivity index (χ4v) is 1.94. The smallest absolute Gasteiger partial charge is 0.255 e. The van der Waals surface area contributed by atoms with Crippen molar-refractivity contribution in [1.82, 2.24) is 0 Å². The average Bonchev–Trinajstić information content (AvgIpc) is 2.60. The first-order valence-corrected chi connectivity index (χ1v) is 7.49. The quantitative estimate of drug-likeness (QED) is 0.759. The molecule has 0 saturated carbocycles. The Hall–Kier alpha value is -2.53. The average molecular weight is 315 g/mol. The summed E-state index contributed by atoms with van der Waals surface area (Å²) >= 11 is 0. The van der Waals surface area contributed by atoms with Crippen LogP contribution in [0, 0.1) is 0 Å². The van der Waals surface area contributed by atoms with E-state index in [2.05, 4.69) is 5.32 Å². The summed E-state index contributed by atoms with van der Waals surface area (Å²) in [5, 5.41) is 2.84. The molecule has 0 aromatic heterocycles. The molecule has 0 saturated heterocycles.